The molecule has 1 heterocycles. The van der Waals surface area contributed by atoms with E-state index in [0.29, 0.717) is 0 Å². The summed E-state index contributed by atoms with van der Waals surface area (Å²) in [5.74, 6) is 1.11. The fourth-order valence-corrected chi connectivity index (χ4v) is 1.54. The predicted octanol–water partition coefficient (Wildman–Crippen LogP) is 4.51. The van der Waals surface area contributed by atoms with Gasteiger partial charge in [0.1, 0.15) is 17.1 Å². The predicted molar refractivity (Wildman–Crippen MR) is 68.7 cm³/mol. The molecule has 0 saturated carbocycles. The molecule has 0 bridgehead atoms. The van der Waals surface area contributed by atoms with Gasteiger partial charge >= 0.3 is 0 Å². The van der Waals surface area contributed by atoms with Crippen molar-refractivity contribution in [3.63, 3.8) is 0 Å². The molecule has 0 amide bonds. The SMILES string of the molecule is C/C=C/c1cc2cc(C)oc2cc1O.CC. The number of hydrogen-bond donors (Lipinski definition) is 1. The molecule has 0 atom stereocenters. The summed E-state index contributed by atoms with van der Waals surface area (Å²) in [6, 6.07) is 5.53. The minimum atomic E-state index is 0.255. The number of aromatic hydroxyl groups is 1. The first-order valence-electron chi connectivity index (χ1n) is 5.56. The van der Waals surface area contributed by atoms with E-state index >= 15 is 0 Å². The van der Waals surface area contributed by atoms with Crippen LogP contribution in [0, 0.1) is 6.92 Å². The highest BCUT2D eigenvalue weighted by molar-refractivity contribution is 5.83. The summed E-state index contributed by atoms with van der Waals surface area (Å²) in [5.41, 5.74) is 1.55. The molecule has 0 spiro atoms. The minimum absolute atomic E-state index is 0.255. The fourth-order valence-electron chi connectivity index (χ4n) is 1.54. The first-order chi connectivity index (χ1) is 7.70. The van der Waals surface area contributed by atoms with Crippen LogP contribution in [0.1, 0.15) is 32.1 Å². The third-order valence-corrected chi connectivity index (χ3v) is 2.14. The van der Waals surface area contributed by atoms with Gasteiger partial charge in [0.25, 0.3) is 0 Å². The van der Waals surface area contributed by atoms with Gasteiger partial charge in [-0.15, -0.1) is 0 Å². The van der Waals surface area contributed by atoms with Gasteiger partial charge in [-0.05, 0) is 26.0 Å². The molecule has 1 aromatic heterocycles. The largest absolute Gasteiger partial charge is 0.507 e. The smallest absolute Gasteiger partial charge is 0.137 e. The van der Waals surface area contributed by atoms with E-state index < -0.39 is 0 Å². The molecular formula is C14H18O2. The highest BCUT2D eigenvalue weighted by Crippen LogP contribution is 2.28. The Hall–Kier alpha value is -1.70. The van der Waals surface area contributed by atoms with Crippen molar-refractivity contribution in [3.8, 4) is 5.75 Å². The molecule has 0 unspecified atom stereocenters. The standard InChI is InChI=1S/C12H12O2.C2H6/c1-3-4-9-6-10-5-8(2)14-12(10)7-11(9)13;1-2/h3-7,13H,1-2H3;1-2H3/b4-3+;. The molecule has 1 aromatic carbocycles. The van der Waals surface area contributed by atoms with Crippen molar-refractivity contribution in [3.05, 3.63) is 35.6 Å². The van der Waals surface area contributed by atoms with Crippen molar-refractivity contribution < 1.29 is 9.52 Å². The van der Waals surface area contributed by atoms with Crippen LogP contribution in [0.4, 0.5) is 0 Å². The van der Waals surface area contributed by atoms with Gasteiger partial charge in [0.15, 0.2) is 0 Å². The number of phenols is 1. The Bertz CT molecular complexity index is 493. The van der Waals surface area contributed by atoms with E-state index in [2.05, 4.69) is 0 Å². The molecular weight excluding hydrogens is 200 g/mol. The average Bonchev–Trinajstić information content (AvgIpc) is 2.61. The lowest BCUT2D eigenvalue weighted by Gasteiger charge is -1.97. The Labute approximate surface area is 96.2 Å². The van der Waals surface area contributed by atoms with E-state index in [9.17, 15) is 5.11 Å². The number of benzene rings is 1. The first kappa shape index (κ1) is 12.4. The highest BCUT2D eigenvalue weighted by atomic mass is 16.3. The molecule has 16 heavy (non-hydrogen) atoms. The zero-order valence-electron chi connectivity index (χ0n) is 10.2. The van der Waals surface area contributed by atoms with E-state index in [4.69, 9.17) is 4.42 Å². The molecule has 0 fully saturated rings. The lowest BCUT2D eigenvalue weighted by molar-refractivity contribution is 0.472. The summed E-state index contributed by atoms with van der Waals surface area (Å²) in [4.78, 5) is 0. The second-order valence-corrected chi connectivity index (χ2v) is 3.31. The van der Waals surface area contributed by atoms with Crippen LogP contribution < -0.4 is 0 Å². The summed E-state index contributed by atoms with van der Waals surface area (Å²) in [5, 5.41) is 10.7. The highest BCUT2D eigenvalue weighted by Gasteiger charge is 2.04. The lowest BCUT2D eigenvalue weighted by atomic mass is 10.1. The van der Waals surface area contributed by atoms with E-state index in [-0.39, 0.29) is 5.75 Å². The molecule has 2 rings (SSSR count). The number of aryl methyl sites for hydroxylation is 1. The molecule has 86 valence electrons. The molecule has 2 nitrogen and oxygen atoms in total. The second-order valence-electron chi connectivity index (χ2n) is 3.31. The van der Waals surface area contributed by atoms with Crippen molar-refractivity contribution >= 4 is 17.0 Å². The number of hydrogen-bond acceptors (Lipinski definition) is 2. The average molecular weight is 218 g/mol. The van der Waals surface area contributed by atoms with Crippen molar-refractivity contribution in [2.45, 2.75) is 27.7 Å². The van der Waals surface area contributed by atoms with Crippen LogP contribution >= 0.6 is 0 Å². The maximum absolute atomic E-state index is 9.64. The zero-order valence-corrected chi connectivity index (χ0v) is 10.2. The normalized spacial score (nSPS) is 10.5. The topological polar surface area (TPSA) is 33.4 Å². The quantitative estimate of drug-likeness (QED) is 0.764. The van der Waals surface area contributed by atoms with E-state index in [1.807, 2.05) is 52.0 Å². The Morgan fingerprint density at radius 3 is 2.50 bits per heavy atom. The third-order valence-electron chi connectivity index (χ3n) is 2.14. The molecule has 0 aliphatic rings. The van der Waals surface area contributed by atoms with Crippen LogP contribution in [-0.2, 0) is 0 Å². The van der Waals surface area contributed by atoms with Crippen LogP contribution in [0.25, 0.3) is 17.0 Å². The van der Waals surface area contributed by atoms with Gasteiger partial charge in [-0.3, -0.25) is 0 Å². The van der Waals surface area contributed by atoms with Crippen LogP contribution in [0.2, 0.25) is 0 Å². The van der Waals surface area contributed by atoms with Gasteiger partial charge in [-0.25, -0.2) is 0 Å². The Balaban J connectivity index is 0.000000606. The third kappa shape index (κ3) is 2.45. The summed E-state index contributed by atoms with van der Waals surface area (Å²) in [6.07, 6.45) is 3.77. The Kier molecular flexibility index (Phi) is 4.18. The first-order valence-corrected chi connectivity index (χ1v) is 5.56. The van der Waals surface area contributed by atoms with E-state index in [1.54, 1.807) is 6.07 Å². The van der Waals surface area contributed by atoms with Gasteiger partial charge in [0, 0.05) is 17.0 Å². The molecule has 1 N–H and O–H groups in total. The monoisotopic (exact) mass is 218 g/mol. The van der Waals surface area contributed by atoms with Crippen molar-refractivity contribution in [1.29, 1.82) is 0 Å². The summed E-state index contributed by atoms with van der Waals surface area (Å²) >= 11 is 0. The molecule has 0 saturated heterocycles. The van der Waals surface area contributed by atoms with Crippen molar-refractivity contribution in [2.24, 2.45) is 0 Å². The minimum Gasteiger partial charge on any atom is -0.507 e. The number of allylic oxidation sites excluding steroid dienone is 1. The van der Waals surface area contributed by atoms with Crippen LogP contribution in [0.3, 0.4) is 0 Å². The van der Waals surface area contributed by atoms with Crippen LogP contribution in [0.15, 0.2) is 28.7 Å². The van der Waals surface area contributed by atoms with Gasteiger partial charge in [-0.2, -0.15) is 0 Å². The Morgan fingerprint density at radius 2 is 1.88 bits per heavy atom. The van der Waals surface area contributed by atoms with Gasteiger partial charge in [0.2, 0.25) is 0 Å². The fraction of sp³-hybridized carbons (Fsp3) is 0.286. The zero-order chi connectivity index (χ0) is 12.1. The molecule has 2 heteroatoms. The number of phenolic OH excluding ortho intramolecular Hbond substituents is 1. The van der Waals surface area contributed by atoms with Crippen molar-refractivity contribution in [1.82, 2.24) is 0 Å². The molecule has 0 radical (unpaired) electrons. The summed E-state index contributed by atoms with van der Waals surface area (Å²) in [6.45, 7) is 7.82. The maximum Gasteiger partial charge on any atom is 0.137 e. The molecule has 2 aromatic rings. The second kappa shape index (κ2) is 5.40. The number of fused-ring (bicyclic) bond motifs is 1. The van der Waals surface area contributed by atoms with E-state index in [0.717, 1.165) is 22.3 Å². The van der Waals surface area contributed by atoms with Crippen LogP contribution in [-0.4, -0.2) is 5.11 Å². The van der Waals surface area contributed by atoms with Crippen LogP contribution in [0.5, 0.6) is 5.75 Å². The number of furan rings is 1. The molecule has 0 aliphatic carbocycles. The Morgan fingerprint density at radius 1 is 1.19 bits per heavy atom. The van der Waals surface area contributed by atoms with Gasteiger partial charge in [-0.1, -0.05) is 26.0 Å². The number of rotatable bonds is 1. The lowest BCUT2D eigenvalue weighted by Crippen LogP contribution is -1.74. The van der Waals surface area contributed by atoms with E-state index in [1.165, 1.54) is 0 Å². The van der Waals surface area contributed by atoms with Gasteiger partial charge in [0.05, 0.1) is 0 Å². The molecule has 0 aliphatic heterocycles. The van der Waals surface area contributed by atoms with Crippen molar-refractivity contribution in [2.75, 3.05) is 0 Å². The maximum atomic E-state index is 9.64. The van der Waals surface area contributed by atoms with Gasteiger partial charge < -0.3 is 9.52 Å². The summed E-state index contributed by atoms with van der Waals surface area (Å²) < 4.78 is 5.40. The summed E-state index contributed by atoms with van der Waals surface area (Å²) in [7, 11) is 0.